The molecule has 0 unspecified atom stereocenters. The zero-order valence-corrected chi connectivity index (χ0v) is 17.6. The standard InChI is InChI=1S/C21H23N5O3S/c1-3-29-18(27)13-15-9-11-17(12-10-15)22-19(28)23-20-24-25-21(30-20)26(2)14-16-7-5-4-6-8-16/h4-12H,3,13-14H2,1-2H3,(H2,22,23,24,28). The van der Waals surface area contributed by atoms with Crippen LogP contribution in [-0.2, 0) is 22.5 Å². The van der Waals surface area contributed by atoms with Gasteiger partial charge >= 0.3 is 12.0 Å². The number of hydrogen-bond acceptors (Lipinski definition) is 7. The van der Waals surface area contributed by atoms with Crippen molar-refractivity contribution in [3.05, 3.63) is 65.7 Å². The largest absolute Gasteiger partial charge is 0.466 e. The van der Waals surface area contributed by atoms with E-state index in [4.69, 9.17) is 4.74 Å². The summed E-state index contributed by atoms with van der Waals surface area (Å²) in [6.45, 7) is 2.82. The van der Waals surface area contributed by atoms with Crippen molar-refractivity contribution in [2.75, 3.05) is 29.2 Å². The minimum Gasteiger partial charge on any atom is -0.466 e. The third-order valence-electron chi connectivity index (χ3n) is 4.09. The Morgan fingerprint density at radius 2 is 1.73 bits per heavy atom. The number of esters is 1. The lowest BCUT2D eigenvalue weighted by atomic mass is 10.1. The first-order valence-corrected chi connectivity index (χ1v) is 10.3. The van der Waals surface area contributed by atoms with Gasteiger partial charge in [-0.1, -0.05) is 53.8 Å². The summed E-state index contributed by atoms with van der Waals surface area (Å²) in [7, 11) is 1.93. The predicted molar refractivity (Wildman–Crippen MR) is 118 cm³/mol. The number of aromatic nitrogens is 2. The van der Waals surface area contributed by atoms with Gasteiger partial charge in [-0.05, 0) is 30.2 Å². The molecule has 1 heterocycles. The number of rotatable bonds is 8. The molecule has 1 aromatic heterocycles. The average molecular weight is 426 g/mol. The van der Waals surface area contributed by atoms with Gasteiger partial charge in [0.05, 0.1) is 13.0 Å². The van der Waals surface area contributed by atoms with Gasteiger partial charge in [-0.2, -0.15) is 0 Å². The quantitative estimate of drug-likeness (QED) is 0.531. The van der Waals surface area contributed by atoms with Crippen molar-refractivity contribution in [1.82, 2.24) is 10.2 Å². The minimum atomic E-state index is -0.415. The van der Waals surface area contributed by atoms with E-state index in [2.05, 4.69) is 20.8 Å². The molecule has 8 nitrogen and oxygen atoms in total. The van der Waals surface area contributed by atoms with E-state index in [0.29, 0.717) is 29.1 Å². The Kier molecular flexibility index (Phi) is 7.34. The maximum atomic E-state index is 12.2. The molecule has 2 N–H and O–H groups in total. The van der Waals surface area contributed by atoms with Gasteiger partial charge in [-0.3, -0.25) is 10.1 Å². The normalized spacial score (nSPS) is 10.3. The van der Waals surface area contributed by atoms with E-state index >= 15 is 0 Å². The van der Waals surface area contributed by atoms with E-state index < -0.39 is 6.03 Å². The van der Waals surface area contributed by atoms with Gasteiger partial charge in [0.15, 0.2) is 0 Å². The lowest BCUT2D eigenvalue weighted by molar-refractivity contribution is -0.142. The number of amides is 2. The molecular weight excluding hydrogens is 402 g/mol. The van der Waals surface area contributed by atoms with Crippen molar-refractivity contribution in [1.29, 1.82) is 0 Å². The zero-order valence-electron chi connectivity index (χ0n) is 16.8. The molecule has 0 aliphatic heterocycles. The summed E-state index contributed by atoms with van der Waals surface area (Å²) in [5.41, 5.74) is 2.58. The van der Waals surface area contributed by atoms with Crippen molar-refractivity contribution in [3.8, 4) is 0 Å². The van der Waals surface area contributed by atoms with Crippen LogP contribution in [0.3, 0.4) is 0 Å². The maximum absolute atomic E-state index is 12.2. The third kappa shape index (κ3) is 6.28. The Hall–Kier alpha value is -3.46. The van der Waals surface area contributed by atoms with Crippen LogP contribution in [0.2, 0.25) is 0 Å². The van der Waals surface area contributed by atoms with E-state index in [1.807, 2.05) is 42.3 Å². The fourth-order valence-corrected chi connectivity index (χ4v) is 3.39. The molecule has 0 aliphatic carbocycles. The SMILES string of the molecule is CCOC(=O)Cc1ccc(NC(=O)Nc2nnc(N(C)Cc3ccccc3)s2)cc1. The van der Waals surface area contributed by atoms with Crippen LogP contribution < -0.4 is 15.5 Å². The summed E-state index contributed by atoms with van der Waals surface area (Å²) in [4.78, 5) is 25.7. The highest BCUT2D eigenvalue weighted by Gasteiger charge is 2.12. The molecule has 0 bridgehead atoms. The van der Waals surface area contributed by atoms with E-state index in [1.165, 1.54) is 11.3 Å². The topological polar surface area (TPSA) is 96.4 Å². The highest BCUT2D eigenvalue weighted by molar-refractivity contribution is 7.19. The zero-order chi connectivity index (χ0) is 21.3. The summed E-state index contributed by atoms with van der Waals surface area (Å²) >= 11 is 1.29. The smallest absolute Gasteiger partial charge is 0.325 e. The predicted octanol–water partition coefficient (Wildman–Crippen LogP) is 3.92. The van der Waals surface area contributed by atoms with Crippen LogP contribution in [0, 0.1) is 0 Å². The fraction of sp³-hybridized carbons (Fsp3) is 0.238. The second kappa shape index (κ2) is 10.4. The number of carbonyl (C=O) groups is 2. The lowest BCUT2D eigenvalue weighted by Crippen LogP contribution is -2.19. The van der Waals surface area contributed by atoms with Crippen LogP contribution in [0.15, 0.2) is 54.6 Å². The molecule has 0 aliphatic rings. The van der Waals surface area contributed by atoms with Crippen LogP contribution in [-0.4, -0.2) is 35.9 Å². The second-order valence-corrected chi connectivity index (χ2v) is 7.45. The molecule has 0 fully saturated rings. The van der Waals surface area contributed by atoms with Crippen molar-refractivity contribution in [2.45, 2.75) is 19.9 Å². The Bertz CT molecular complexity index is 976. The molecule has 2 amide bonds. The summed E-state index contributed by atoms with van der Waals surface area (Å²) < 4.78 is 4.93. The summed E-state index contributed by atoms with van der Waals surface area (Å²) in [6, 6.07) is 16.6. The highest BCUT2D eigenvalue weighted by Crippen LogP contribution is 2.24. The molecule has 0 spiro atoms. The van der Waals surface area contributed by atoms with Crippen LogP contribution in [0.1, 0.15) is 18.1 Å². The van der Waals surface area contributed by atoms with Crippen molar-refractivity contribution in [2.24, 2.45) is 0 Å². The number of urea groups is 1. The maximum Gasteiger partial charge on any atom is 0.325 e. The number of nitrogens with one attached hydrogen (secondary N) is 2. The molecule has 3 aromatic rings. The molecule has 0 radical (unpaired) electrons. The van der Waals surface area contributed by atoms with Crippen molar-refractivity contribution < 1.29 is 14.3 Å². The Morgan fingerprint density at radius 1 is 1.00 bits per heavy atom. The molecule has 2 aromatic carbocycles. The minimum absolute atomic E-state index is 0.199. The third-order valence-corrected chi connectivity index (χ3v) is 5.04. The van der Waals surface area contributed by atoms with Gasteiger partial charge in [0, 0.05) is 19.3 Å². The Labute approximate surface area is 178 Å². The van der Waals surface area contributed by atoms with Gasteiger partial charge in [-0.15, -0.1) is 10.2 Å². The fourth-order valence-electron chi connectivity index (χ4n) is 2.69. The van der Waals surface area contributed by atoms with E-state index in [0.717, 1.165) is 11.1 Å². The number of nitrogens with zero attached hydrogens (tertiary/aromatic N) is 3. The first kappa shape index (κ1) is 21.3. The highest BCUT2D eigenvalue weighted by atomic mass is 32.1. The molecule has 9 heteroatoms. The van der Waals surface area contributed by atoms with Crippen LogP contribution in [0.5, 0.6) is 0 Å². The average Bonchev–Trinajstić information content (AvgIpc) is 3.19. The monoisotopic (exact) mass is 425 g/mol. The van der Waals surface area contributed by atoms with Gasteiger partial charge in [0.1, 0.15) is 0 Å². The van der Waals surface area contributed by atoms with Crippen LogP contribution >= 0.6 is 11.3 Å². The number of hydrogen-bond donors (Lipinski definition) is 2. The van der Waals surface area contributed by atoms with Gasteiger partial charge in [0.2, 0.25) is 10.3 Å². The number of carbonyl (C=O) groups excluding carboxylic acids is 2. The van der Waals surface area contributed by atoms with Gasteiger partial charge in [0.25, 0.3) is 0 Å². The molecule has 0 saturated heterocycles. The van der Waals surface area contributed by atoms with E-state index in [-0.39, 0.29) is 12.4 Å². The van der Waals surface area contributed by atoms with E-state index in [1.54, 1.807) is 31.2 Å². The van der Waals surface area contributed by atoms with Gasteiger partial charge < -0.3 is 15.0 Å². The van der Waals surface area contributed by atoms with Crippen molar-refractivity contribution >= 4 is 39.3 Å². The summed E-state index contributed by atoms with van der Waals surface area (Å²) in [5.74, 6) is -0.278. The van der Waals surface area contributed by atoms with Crippen LogP contribution in [0.4, 0.5) is 20.7 Å². The second-order valence-electron chi connectivity index (χ2n) is 6.49. The first-order chi connectivity index (χ1) is 14.5. The molecular formula is C21H23N5O3S. The van der Waals surface area contributed by atoms with Gasteiger partial charge in [-0.25, -0.2) is 4.79 Å². The molecule has 0 atom stereocenters. The molecule has 3 rings (SSSR count). The van der Waals surface area contributed by atoms with Crippen LogP contribution in [0.25, 0.3) is 0 Å². The van der Waals surface area contributed by atoms with Crippen molar-refractivity contribution in [3.63, 3.8) is 0 Å². The lowest BCUT2D eigenvalue weighted by Gasteiger charge is -2.14. The summed E-state index contributed by atoms with van der Waals surface area (Å²) in [5, 5.41) is 14.7. The summed E-state index contributed by atoms with van der Waals surface area (Å²) in [6.07, 6.45) is 0.199. The number of ether oxygens (including phenoxy) is 1. The molecule has 0 saturated carbocycles. The Balaban J connectivity index is 1.51. The molecule has 30 heavy (non-hydrogen) atoms. The molecule has 156 valence electrons. The number of anilines is 3. The number of benzene rings is 2. The Morgan fingerprint density at radius 3 is 2.43 bits per heavy atom. The van der Waals surface area contributed by atoms with E-state index in [9.17, 15) is 9.59 Å². The first-order valence-electron chi connectivity index (χ1n) is 9.44.